The molecule has 7 nitrogen and oxygen atoms in total. The first-order valence-electron chi connectivity index (χ1n) is 9.14. The average Bonchev–Trinajstić information content (AvgIpc) is 2.63. The molecule has 3 amide bonds. The van der Waals surface area contributed by atoms with Crippen molar-refractivity contribution in [3.63, 3.8) is 0 Å². The number of ether oxygens (including phenoxy) is 1. The third kappa shape index (κ3) is 4.74. The van der Waals surface area contributed by atoms with E-state index in [-0.39, 0.29) is 30.9 Å². The highest BCUT2D eigenvalue weighted by molar-refractivity contribution is 6.03. The van der Waals surface area contributed by atoms with E-state index in [4.69, 9.17) is 4.74 Å². The number of likely N-dealkylation sites (N-methyl/N-ethyl adjacent to an activating group) is 1. The summed E-state index contributed by atoms with van der Waals surface area (Å²) in [5, 5.41) is 2.83. The predicted molar refractivity (Wildman–Crippen MR) is 100 cm³/mol. The minimum atomic E-state index is -0.271. The number of fused-ring (bicyclic) bond motifs is 1. The maximum absolute atomic E-state index is 12.4. The van der Waals surface area contributed by atoms with Crippen LogP contribution in [0.4, 0.5) is 11.4 Å². The lowest BCUT2D eigenvalue weighted by Gasteiger charge is -2.31. The largest absolute Gasteiger partial charge is 0.482 e. The summed E-state index contributed by atoms with van der Waals surface area (Å²) in [6.07, 6.45) is 2.22. The van der Waals surface area contributed by atoms with E-state index in [1.165, 1.54) is 4.90 Å². The highest BCUT2D eigenvalue weighted by atomic mass is 16.5. The van der Waals surface area contributed by atoms with Crippen molar-refractivity contribution < 1.29 is 19.1 Å². The second-order valence-electron chi connectivity index (χ2n) is 6.17. The van der Waals surface area contributed by atoms with E-state index in [1.807, 2.05) is 20.8 Å². The molecule has 1 aromatic carbocycles. The maximum Gasteiger partial charge on any atom is 0.265 e. The number of carbonyl (C=O) groups is 3. The molecule has 26 heavy (non-hydrogen) atoms. The van der Waals surface area contributed by atoms with Gasteiger partial charge in [-0.25, -0.2) is 0 Å². The van der Waals surface area contributed by atoms with Crippen LogP contribution in [0.3, 0.4) is 0 Å². The number of rotatable bonds is 8. The highest BCUT2D eigenvalue weighted by Crippen LogP contribution is 2.34. The summed E-state index contributed by atoms with van der Waals surface area (Å²) in [4.78, 5) is 39.8. The number of hydrogen-bond acceptors (Lipinski definition) is 4. The molecule has 0 saturated heterocycles. The molecule has 0 radical (unpaired) electrons. The van der Waals surface area contributed by atoms with E-state index in [2.05, 4.69) is 5.32 Å². The number of benzene rings is 1. The molecule has 1 N–H and O–H groups in total. The molecular weight excluding hydrogens is 334 g/mol. The van der Waals surface area contributed by atoms with E-state index in [9.17, 15) is 14.4 Å². The Bertz CT molecular complexity index is 671. The van der Waals surface area contributed by atoms with Crippen LogP contribution >= 0.6 is 0 Å². The number of unbranched alkanes of at least 4 members (excludes halogenated alkanes) is 1. The van der Waals surface area contributed by atoms with Gasteiger partial charge in [0.1, 0.15) is 12.3 Å². The molecule has 2 rings (SSSR count). The van der Waals surface area contributed by atoms with Gasteiger partial charge in [0.15, 0.2) is 6.61 Å². The van der Waals surface area contributed by atoms with Crippen LogP contribution in [0, 0.1) is 0 Å². The summed E-state index contributed by atoms with van der Waals surface area (Å²) in [5.74, 6) is 0.0742. The van der Waals surface area contributed by atoms with Crippen molar-refractivity contribution in [2.45, 2.75) is 40.0 Å². The molecule has 1 heterocycles. The van der Waals surface area contributed by atoms with Gasteiger partial charge in [-0.2, -0.15) is 0 Å². The summed E-state index contributed by atoms with van der Waals surface area (Å²) >= 11 is 0. The van der Waals surface area contributed by atoms with Gasteiger partial charge >= 0.3 is 0 Å². The van der Waals surface area contributed by atoms with Crippen LogP contribution in [0.5, 0.6) is 5.75 Å². The summed E-state index contributed by atoms with van der Waals surface area (Å²) < 4.78 is 5.46. The van der Waals surface area contributed by atoms with Crippen molar-refractivity contribution in [1.29, 1.82) is 0 Å². The molecule has 0 aliphatic carbocycles. The summed E-state index contributed by atoms with van der Waals surface area (Å²) in [7, 11) is 0. The van der Waals surface area contributed by atoms with E-state index in [0.29, 0.717) is 36.6 Å². The fraction of sp³-hybridized carbons (Fsp3) is 0.526. The quantitative estimate of drug-likeness (QED) is 0.771. The van der Waals surface area contributed by atoms with Gasteiger partial charge in [0.2, 0.25) is 11.8 Å². The molecule has 142 valence electrons. The molecule has 0 saturated carbocycles. The van der Waals surface area contributed by atoms with Crippen molar-refractivity contribution in [3.8, 4) is 5.75 Å². The number of hydrogen-bond donors (Lipinski definition) is 1. The molecule has 7 heteroatoms. The van der Waals surface area contributed by atoms with Crippen LogP contribution in [0.15, 0.2) is 18.2 Å². The normalized spacial score (nSPS) is 13.0. The highest BCUT2D eigenvalue weighted by Gasteiger charge is 2.28. The van der Waals surface area contributed by atoms with Gasteiger partial charge in [0.05, 0.1) is 5.69 Å². The molecule has 1 aliphatic heterocycles. The van der Waals surface area contributed by atoms with Crippen molar-refractivity contribution in [2.75, 3.05) is 36.5 Å². The standard InChI is InChI=1S/C19H27N3O4/c1-4-7-8-17(23)20-14-9-10-16-15(11-14)22(19(25)13-26-16)12-18(24)21(5-2)6-3/h9-11H,4-8,12-13H2,1-3H3,(H,20,23). The Hall–Kier alpha value is -2.57. The lowest BCUT2D eigenvalue weighted by atomic mass is 10.2. The van der Waals surface area contributed by atoms with Gasteiger partial charge < -0.3 is 15.0 Å². The lowest BCUT2D eigenvalue weighted by molar-refractivity contribution is -0.131. The summed E-state index contributed by atoms with van der Waals surface area (Å²) in [6, 6.07) is 5.14. The second kappa shape index (κ2) is 9.22. The Balaban J connectivity index is 2.20. The minimum absolute atomic E-state index is 0.0376. The van der Waals surface area contributed by atoms with Crippen LogP contribution in [0.2, 0.25) is 0 Å². The van der Waals surface area contributed by atoms with E-state index in [0.717, 1.165) is 12.8 Å². The second-order valence-corrected chi connectivity index (χ2v) is 6.17. The van der Waals surface area contributed by atoms with Crippen LogP contribution in [-0.4, -0.2) is 48.9 Å². The molecule has 0 atom stereocenters. The molecule has 0 fully saturated rings. The monoisotopic (exact) mass is 361 g/mol. The average molecular weight is 361 g/mol. The first-order valence-corrected chi connectivity index (χ1v) is 9.14. The van der Waals surface area contributed by atoms with E-state index >= 15 is 0 Å². The van der Waals surface area contributed by atoms with Gasteiger partial charge in [-0.05, 0) is 38.5 Å². The van der Waals surface area contributed by atoms with Gasteiger partial charge in [-0.3, -0.25) is 19.3 Å². The first kappa shape index (κ1) is 19.8. The van der Waals surface area contributed by atoms with Crippen LogP contribution in [-0.2, 0) is 14.4 Å². The Labute approximate surface area is 154 Å². The maximum atomic E-state index is 12.4. The van der Waals surface area contributed by atoms with Gasteiger partial charge in [0, 0.05) is 25.2 Å². The topological polar surface area (TPSA) is 79.0 Å². The molecule has 0 spiro atoms. The first-order chi connectivity index (χ1) is 12.5. The van der Waals surface area contributed by atoms with E-state index in [1.54, 1.807) is 23.1 Å². The van der Waals surface area contributed by atoms with Crippen LogP contribution < -0.4 is 15.0 Å². The van der Waals surface area contributed by atoms with Gasteiger partial charge in [-0.1, -0.05) is 13.3 Å². The number of nitrogens with one attached hydrogen (secondary N) is 1. The zero-order valence-electron chi connectivity index (χ0n) is 15.7. The van der Waals surface area contributed by atoms with Crippen molar-refractivity contribution in [3.05, 3.63) is 18.2 Å². The Morgan fingerprint density at radius 2 is 1.96 bits per heavy atom. The third-order valence-corrected chi connectivity index (χ3v) is 4.35. The minimum Gasteiger partial charge on any atom is -0.482 e. The SMILES string of the molecule is CCCCC(=O)Nc1ccc2c(c1)N(CC(=O)N(CC)CC)C(=O)CO2. The van der Waals surface area contributed by atoms with Crippen LogP contribution in [0.1, 0.15) is 40.0 Å². The Morgan fingerprint density at radius 3 is 2.62 bits per heavy atom. The van der Waals surface area contributed by atoms with Crippen molar-refractivity contribution in [2.24, 2.45) is 0 Å². The summed E-state index contributed by atoms with van der Waals surface area (Å²) in [6.45, 7) is 6.88. The lowest BCUT2D eigenvalue weighted by Crippen LogP contribution is -2.46. The van der Waals surface area contributed by atoms with Crippen molar-refractivity contribution >= 4 is 29.1 Å². The molecule has 1 aromatic rings. The van der Waals surface area contributed by atoms with Gasteiger partial charge in [-0.15, -0.1) is 0 Å². The van der Waals surface area contributed by atoms with Crippen LogP contribution in [0.25, 0.3) is 0 Å². The number of amides is 3. The third-order valence-electron chi connectivity index (χ3n) is 4.35. The fourth-order valence-corrected chi connectivity index (χ4v) is 2.83. The smallest absolute Gasteiger partial charge is 0.265 e. The molecule has 0 unspecified atom stereocenters. The molecule has 0 bridgehead atoms. The molecular formula is C19H27N3O4. The Morgan fingerprint density at radius 1 is 1.23 bits per heavy atom. The zero-order chi connectivity index (χ0) is 19.1. The molecule has 1 aliphatic rings. The zero-order valence-corrected chi connectivity index (χ0v) is 15.7. The number of carbonyl (C=O) groups excluding carboxylic acids is 3. The number of anilines is 2. The number of nitrogens with zero attached hydrogens (tertiary/aromatic N) is 2. The van der Waals surface area contributed by atoms with Crippen molar-refractivity contribution in [1.82, 2.24) is 4.90 Å². The molecule has 0 aromatic heterocycles. The van der Waals surface area contributed by atoms with E-state index < -0.39 is 0 Å². The fourth-order valence-electron chi connectivity index (χ4n) is 2.83. The van der Waals surface area contributed by atoms with Gasteiger partial charge in [0.25, 0.3) is 5.91 Å². The predicted octanol–water partition coefficient (Wildman–Crippen LogP) is 2.41. The Kier molecular flexibility index (Phi) is 7.00. The summed E-state index contributed by atoms with van der Waals surface area (Å²) in [5.41, 5.74) is 1.10.